The van der Waals surface area contributed by atoms with Gasteiger partial charge in [-0.3, -0.25) is 15.4 Å². The van der Waals surface area contributed by atoms with Crippen LogP contribution in [0.4, 0.5) is 5.69 Å². The summed E-state index contributed by atoms with van der Waals surface area (Å²) in [6.07, 6.45) is 8.90. The molecule has 10 nitrogen and oxygen atoms in total. The van der Waals surface area contributed by atoms with Gasteiger partial charge in [0.25, 0.3) is 12.1 Å². The minimum absolute atomic E-state index is 0.0460. The van der Waals surface area contributed by atoms with E-state index in [1.165, 1.54) is 6.42 Å². The van der Waals surface area contributed by atoms with Gasteiger partial charge in [-0.2, -0.15) is 0 Å². The van der Waals surface area contributed by atoms with E-state index in [2.05, 4.69) is 34.1 Å². The van der Waals surface area contributed by atoms with Gasteiger partial charge in [-0.15, -0.1) is 0 Å². The Morgan fingerprint density at radius 2 is 1.88 bits per heavy atom. The summed E-state index contributed by atoms with van der Waals surface area (Å²) in [5, 5.41) is 31.7. The normalized spacial score (nSPS) is 19.7. The Labute approximate surface area is 252 Å². The van der Waals surface area contributed by atoms with E-state index in [1.807, 2.05) is 38.1 Å². The first kappa shape index (κ1) is 30.9. The van der Waals surface area contributed by atoms with Crippen molar-refractivity contribution in [1.82, 2.24) is 9.88 Å². The molecule has 0 radical (unpaired) electrons. The molecule has 0 amide bonds. The molecule has 10 heteroatoms. The Kier molecular flexibility index (Phi) is 9.92. The second-order valence-electron chi connectivity index (χ2n) is 11.5. The highest BCUT2D eigenvalue weighted by molar-refractivity contribution is 6.18. The summed E-state index contributed by atoms with van der Waals surface area (Å²) in [6, 6.07) is 11.2. The van der Waals surface area contributed by atoms with E-state index < -0.39 is 6.41 Å². The standard InChI is InChI=1S/C33H42N4O6/c1-5-36-30-15-11-23(18-28(30)29-19-25(37(39)40)12-16-31(29)36)32(35-43-33(38)34-24-9-7-6-8-10-24)27-14-13-26(17-21(27)2)42-22(3)20-41-4/h11-12,14-19,22,24,26,33-34,38H,5-10,13,20H2,1-4H3/b35-32-. The van der Waals surface area contributed by atoms with Gasteiger partial charge in [0, 0.05) is 64.8 Å². The largest absolute Gasteiger partial charge is 0.382 e. The highest BCUT2D eigenvalue weighted by Gasteiger charge is 2.24. The number of benzene rings is 2. The number of allylic oxidation sites excluding steroid dienone is 2. The molecule has 0 aliphatic heterocycles. The summed E-state index contributed by atoms with van der Waals surface area (Å²) in [6.45, 7) is 7.29. The Morgan fingerprint density at radius 1 is 1.16 bits per heavy atom. The topological polar surface area (TPSA) is 120 Å². The zero-order valence-corrected chi connectivity index (χ0v) is 25.4. The van der Waals surface area contributed by atoms with E-state index in [9.17, 15) is 15.2 Å². The van der Waals surface area contributed by atoms with E-state index in [1.54, 1.807) is 19.2 Å². The maximum Gasteiger partial charge on any atom is 0.282 e. The molecular formula is C33H42N4O6. The Bertz CT molecular complexity index is 1550. The van der Waals surface area contributed by atoms with Crippen LogP contribution in [0.1, 0.15) is 64.9 Å². The number of fused-ring (bicyclic) bond motifs is 3. The lowest BCUT2D eigenvalue weighted by atomic mass is 9.90. The summed E-state index contributed by atoms with van der Waals surface area (Å²) < 4.78 is 13.5. The van der Waals surface area contributed by atoms with Crippen LogP contribution in [0, 0.1) is 10.1 Å². The third-order valence-corrected chi connectivity index (χ3v) is 8.35. The number of non-ortho nitro benzene ring substituents is 1. The van der Waals surface area contributed by atoms with Gasteiger partial charge in [0.2, 0.25) is 0 Å². The van der Waals surface area contributed by atoms with Crippen LogP contribution in [-0.4, -0.2) is 58.7 Å². The number of methoxy groups -OCH3 is 1. The van der Waals surface area contributed by atoms with Crippen LogP contribution in [-0.2, 0) is 20.9 Å². The van der Waals surface area contributed by atoms with Crippen LogP contribution in [0.5, 0.6) is 0 Å². The van der Waals surface area contributed by atoms with Gasteiger partial charge in [-0.1, -0.05) is 42.6 Å². The lowest BCUT2D eigenvalue weighted by Gasteiger charge is -2.26. The summed E-state index contributed by atoms with van der Waals surface area (Å²) in [5.74, 6) is 0. The molecule has 1 saturated carbocycles. The van der Waals surface area contributed by atoms with Crippen molar-refractivity contribution in [2.45, 2.75) is 90.5 Å². The van der Waals surface area contributed by atoms with E-state index in [0.29, 0.717) is 18.7 Å². The summed E-state index contributed by atoms with van der Waals surface area (Å²) in [4.78, 5) is 16.9. The molecular weight excluding hydrogens is 548 g/mol. The molecule has 5 rings (SSSR count). The van der Waals surface area contributed by atoms with Gasteiger partial charge < -0.3 is 24.0 Å². The number of nitro groups is 1. The number of hydrogen-bond acceptors (Lipinski definition) is 8. The number of nitro benzene ring substituents is 1. The second-order valence-corrected chi connectivity index (χ2v) is 11.5. The minimum atomic E-state index is -1.24. The first-order chi connectivity index (χ1) is 20.8. The molecule has 2 N–H and O–H groups in total. The number of hydrogen-bond donors (Lipinski definition) is 2. The van der Waals surface area contributed by atoms with Gasteiger partial charge in [0.15, 0.2) is 0 Å². The number of nitrogens with one attached hydrogen (secondary N) is 1. The van der Waals surface area contributed by atoms with E-state index in [0.717, 1.165) is 70.7 Å². The van der Waals surface area contributed by atoms with Gasteiger partial charge in [0.05, 0.1) is 23.7 Å². The molecule has 0 bridgehead atoms. The highest BCUT2D eigenvalue weighted by Crippen LogP contribution is 2.34. The average molecular weight is 591 g/mol. The molecule has 0 spiro atoms. The second kappa shape index (κ2) is 13.8. The third kappa shape index (κ3) is 6.99. The molecule has 1 heterocycles. The lowest BCUT2D eigenvalue weighted by molar-refractivity contribution is -0.384. The van der Waals surface area contributed by atoms with Crippen LogP contribution in [0.15, 0.2) is 64.9 Å². The quantitative estimate of drug-likeness (QED) is 0.109. The van der Waals surface area contributed by atoms with Crippen molar-refractivity contribution < 1.29 is 24.3 Å². The van der Waals surface area contributed by atoms with Crippen LogP contribution < -0.4 is 5.32 Å². The molecule has 1 aromatic heterocycles. The zero-order chi connectivity index (χ0) is 30.5. The summed E-state index contributed by atoms with van der Waals surface area (Å²) in [5.41, 5.74) is 5.17. The predicted molar refractivity (Wildman–Crippen MR) is 168 cm³/mol. The number of oxime groups is 1. The molecule has 2 aliphatic carbocycles. The van der Waals surface area contributed by atoms with E-state index in [-0.39, 0.29) is 28.9 Å². The van der Waals surface area contributed by atoms with Crippen LogP contribution in [0.2, 0.25) is 0 Å². The van der Waals surface area contributed by atoms with Crippen LogP contribution >= 0.6 is 0 Å². The van der Waals surface area contributed by atoms with Crippen molar-refractivity contribution in [2.24, 2.45) is 5.16 Å². The summed E-state index contributed by atoms with van der Waals surface area (Å²) >= 11 is 0. The zero-order valence-electron chi connectivity index (χ0n) is 25.4. The SMILES string of the molecule is CCn1c2ccc(/C(=N/OC(O)NC3CCCCC3)C3=CCC(OC(C)COC)C=C3C)cc2c2cc([N+](=O)[O-])ccc21. The van der Waals surface area contributed by atoms with Crippen molar-refractivity contribution in [3.05, 3.63) is 75.4 Å². The highest BCUT2D eigenvalue weighted by atomic mass is 16.7. The number of ether oxygens (including phenoxy) is 2. The fourth-order valence-corrected chi connectivity index (χ4v) is 6.34. The number of aryl methyl sites for hydroxylation is 1. The average Bonchev–Trinajstić information content (AvgIpc) is 3.31. The molecule has 2 aliphatic rings. The Morgan fingerprint density at radius 3 is 2.56 bits per heavy atom. The molecule has 230 valence electrons. The molecule has 3 unspecified atom stereocenters. The lowest BCUT2D eigenvalue weighted by Crippen LogP contribution is -2.40. The van der Waals surface area contributed by atoms with Crippen molar-refractivity contribution >= 4 is 33.2 Å². The molecule has 1 fully saturated rings. The van der Waals surface area contributed by atoms with Crippen LogP contribution in [0.25, 0.3) is 21.8 Å². The summed E-state index contributed by atoms with van der Waals surface area (Å²) in [7, 11) is 1.66. The third-order valence-electron chi connectivity index (χ3n) is 8.35. The van der Waals surface area contributed by atoms with Gasteiger partial charge in [-0.25, -0.2) is 0 Å². The fraction of sp³-hybridized carbons (Fsp3) is 0.485. The number of aliphatic hydroxyl groups is 1. The Hall–Kier alpha value is -3.57. The van der Waals surface area contributed by atoms with Gasteiger partial charge in [-0.05, 0) is 63.8 Å². The predicted octanol–water partition coefficient (Wildman–Crippen LogP) is 6.34. The van der Waals surface area contributed by atoms with Crippen molar-refractivity contribution in [3.8, 4) is 0 Å². The molecule has 2 aromatic carbocycles. The minimum Gasteiger partial charge on any atom is -0.382 e. The number of aromatic nitrogens is 1. The maximum absolute atomic E-state index is 11.6. The monoisotopic (exact) mass is 590 g/mol. The first-order valence-corrected chi connectivity index (χ1v) is 15.2. The smallest absolute Gasteiger partial charge is 0.282 e. The molecule has 3 aromatic rings. The molecule has 0 saturated heterocycles. The van der Waals surface area contributed by atoms with Crippen molar-refractivity contribution in [3.63, 3.8) is 0 Å². The number of aliphatic hydroxyl groups excluding tert-OH is 1. The molecule has 3 atom stereocenters. The fourth-order valence-electron chi connectivity index (χ4n) is 6.34. The Balaban J connectivity index is 1.53. The van der Waals surface area contributed by atoms with Crippen LogP contribution in [0.3, 0.4) is 0 Å². The number of rotatable bonds is 12. The van der Waals surface area contributed by atoms with Crippen molar-refractivity contribution in [2.75, 3.05) is 13.7 Å². The van der Waals surface area contributed by atoms with Gasteiger partial charge in [0.1, 0.15) is 5.71 Å². The maximum atomic E-state index is 11.6. The first-order valence-electron chi connectivity index (χ1n) is 15.2. The van der Waals surface area contributed by atoms with E-state index in [4.69, 9.17) is 14.3 Å². The van der Waals surface area contributed by atoms with E-state index >= 15 is 0 Å². The molecule has 43 heavy (non-hydrogen) atoms. The van der Waals surface area contributed by atoms with Crippen molar-refractivity contribution in [1.29, 1.82) is 0 Å². The van der Waals surface area contributed by atoms with Gasteiger partial charge >= 0.3 is 0 Å². The number of nitrogens with zero attached hydrogens (tertiary/aromatic N) is 3.